The van der Waals surface area contributed by atoms with Gasteiger partial charge < -0.3 is 24.4 Å². The monoisotopic (exact) mass is 274 g/mol. The van der Waals surface area contributed by atoms with Gasteiger partial charge in [0, 0.05) is 26.2 Å². The Balaban J connectivity index is 1.99. The standard InChI is InChI=1S/C13H26N2O4/c1-14-12-3-5-15(6-4-12)13(16)11-19-10-9-18-8-7-17-2/h12,14H,3-11H2,1-2H3. The van der Waals surface area contributed by atoms with Crippen molar-refractivity contribution in [2.75, 3.05) is 60.3 Å². The number of rotatable bonds is 9. The van der Waals surface area contributed by atoms with Crippen LogP contribution >= 0.6 is 0 Å². The molecular formula is C13H26N2O4. The third-order valence-corrected chi connectivity index (χ3v) is 3.29. The van der Waals surface area contributed by atoms with Crippen LogP contribution in [-0.4, -0.2) is 77.1 Å². The Bertz CT molecular complexity index is 243. The maximum absolute atomic E-state index is 11.8. The van der Waals surface area contributed by atoms with Crippen LogP contribution in [-0.2, 0) is 19.0 Å². The SMILES string of the molecule is CNC1CCN(C(=O)COCCOCCOC)CC1. The molecule has 0 aliphatic carbocycles. The Kier molecular flexibility index (Phi) is 8.73. The number of nitrogens with zero attached hydrogens (tertiary/aromatic N) is 1. The lowest BCUT2D eigenvalue weighted by molar-refractivity contribution is -0.137. The summed E-state index contributed by atoms with van der Waals surface area (Å²) < 4.78 is 15.4. The van der Waals surface area contributed by atoms with E-state index in [0.29, 0.717) is 32.5 Å². The van der Waals surface area contributed by atoms with Gasteiger partial charge in [0.2, 0.25) is 5.91 Å². The molecule has 0 atom stereocenters. The quantitative estimate of drug-likeness (QED) is 0.594. The molecule has 0 unspecified atom stereocenters. The van der Waals surface area contributed by atoms with Crippen LogP contribution in [0.15, 0.2) is 0 Å². The van der Waals surface area contributed by atoms with Crippen molar-refractivity contribution in [3.8, 4) is 0 Å². The van der Waals surface area contributed by atoms with Crippen LogP contribution in [0.5, 0.6) is 0 Å². The van der Waals surface area contributed by atoms with Crippen LogP contribution in [0.2, 0.25) is 0 Å². The molecule has 0 aromatic carbocycles. The molecule has 0 spiro atoms. The minimum atomic E-state index is 0.0754. The van der Waals surface area contributed by atoms with Crippen molar-refractivity contribution < 1.29 is 19.0 Å². The second-order valence-corrected chi connectivity index (χ2v) is 4.60. The number of likely N-dealkylation sites (tertiary alicyclic amines) is 1. The zero-order valence-corrected chi connectivity index (χ0v) is 12.0. The van der Waals surface area contributed by atoms with Gasteiger partial charge in [-0.3, -0.25) is 4.79 Å². The third kappa shape index (κ3) is 6.87. The Morgan fingerprint density at radius 1 is 1.16 bits per heavy atom. The number of piperidine rings is 1. The molecule has 19 heavy (non-hydrogen) atoms. The fraction of sp³-hybridized carbons (Fsp3) is 0.923. The van der Waals surface area contributed by atoms with Gasteiger partial charge in [0.05, 0.1) is 26.4 Å². The summed E-state index contributed by atoms with van der Waals surface area (Å²) in [6, 6.07) is 0.541. The molecule has 0 aromatic heterocycles. The van der Waals surface area contributed by atoms with E-state index in [9.17, 15) is 4.79 Å². The van der Waals surface area contributed by atoms with E-state index in [-0.39, 0.29) is 12.5 Å². The number of ether oxygens (including phenoxy) is 3. The molecule has 1 aliphatic heterocycles. The average Bonchev–Trinajstić information content (AvgIpc) is 2.46. The largest absolute Gasteiger partial charge is 0.382 e. The summed E-state index contributed by atoms with van der Waals surface area (Å²) >= 11 is 0. The molecule has 1 saturated heterocycles. The van der Waals surface area contributed by atoms with Crippen LogP contribution in [0.4, 0.5) is 0 Å². The first kappa shape index (κ1) is 16.4. The van der Waals surface area contributed by atoms with Gasteiger partial charge >= 0.3 is 0 Å². The minimum absolute atomic E-state index is 0.0754. The van der Waals surface area contributed by atoms with Gasteiger partial charge in [-0.2, -0.15) is 0 Å². The van der Waals surface area contributed by atoms with Gasteiger partial charge in [0.15, 0.2) is 0 Å². The van der Waals surface area contributed by atoms with Crippen LogP contribution < -0.4 is 5.32 Å². The van der Waals surface area contributed by atoms with Gasteiger partial charge in [-0.25, -0.2) is 0 Å². The number of carbonyl (C=O) groups is 1. The molecule has 1 aliphatic rings. The fourth-order valence-electron chi connectivity index (χ4n) is 2.03. The highest BCUT2D eigenvalue weighted by atomic mass is 16.5. The predicted molar refractivity (Wildman–Crippen MR) is 72.2 cm³/mol. The fourth-order valence-corrected chi connectivity index (χ4v) is 2.03. The zero-order chi connectivity index (χ0) is 13.9. The molecule has 1 amide bonds. The number of methoxy groups -OCH3 is 1. The van der Waals surface area contributed by atoms with E-state index < -0.39 is 0 Å². The number of carbonyl (C=O) groups excluding carboxylic acids is 1. The highest BCUT2D eigenvalue weighted by Gasteiger charge is 2.21. The van der Waals surface area contributed by atoms with Crippen molar-refractivity contribution in [3.63, 3.8) is 0 Å². The van der Waals surface area contributed by atoms with Crippen molar-refractivity contribution in [2.24, 2.45) is 0 Å². The lowest BCUT2D eigenvalue weighted by atomic mass is 10.1. The van der Waals surface area contributed by atoms with Gasteiger partial charge in [0.1, 0.15) is 6.61 Å². The Labute approximate surface area is 115 Å². The van der Waals surface area contributed by atoms with Crippen molar-refractivity contribution in [3.05, 3.63) is 0 Å². The molecule has 1 heterocycles. The van der Waals surface area contributed by atoms with E-state index in [1.807, 2.05) is 11.9 Å². The highest BCUT2D eigenvalue weighted by Crippen LogP contribution is 2.09. The van der Waals surface area contributed by atoms with Crippen LogP contribution in [0, 0.1) is 0 Å². The maximum Gasteiger partial charge on any atom is 0.248 e. The summed E-state index contributed by atoms with van der Waals surface area (Å²) in [5.74, 6) is 0.0754. The lowest BCUT2D eigenvalue weighted by Crippen LogP contribution is -2.45. The van der Waals surface area contributed by atoms with E-state index in [1.165, 1.54) is 0 Å². The summed E-state index contributed by atoms with van der Waals surface area (Å²) in [7, 11) is 3.60. The number of nitrogens with one attached hydrogen (secondary N) is 1. The van der Waals surface area contributed by atoms with Gasteiger partial charge in [0.25, 0.3) is 0 Å². The summed E-state index contributed by atoms with van der Waals surface area (Å²) in [5.41, 5.74) is 0. The molecular weight excluding hydrogens is 248 g/mol. The molecule has 1 rings (SSSR count). The molecule has 6 heteroatoms. The van der Waals surface area contributed by atoms with E-state index >= 15 is 0 Å². The first-order chi connectivity index (χ1) is 9.27. The van der Waals surface area contributed by atoms with E-state index in [0.717, 1.165) is 25.9 Å². The normalized spacial score (nSPS) is 16.8. The Hall–Kier alpha value is -0.690. The third-order valence-electron chi connectivity index (χ3n) is 3.29. The second kappa shape index (κ2) is 10.1. The molecule has 0 aromatic rings. The van der Waals surface area contributed by atoms with E-state index in [4.69, 9.17) is 14.2 Å². The van der Waals surface area contributed by atoms with Crippen molar-refractivity contribution in [1.29, 1.82) is 0 Å². The van der Waals surface area contributed by atoms with E-state index in [1.54, 1.807) is 7.11 Å². The highest BCUT2D eigenvalue weighted by molar-refractivity contribution is 5.77. The second-order valence-electron chi connectivity index (χ2n) is 4.60. The van der Waals surface area contributed by atoms with Gasteiger partial charge in [-0.15, -0.1) is 0 Å². The maximum atomic E-state index is 11.8. The molecule has 1 N–H and O–H groups in total. The molecule has 112 valence electrons. The van der Waals surface area contributed by atoms with Gasteiger partial charge in [-0.05, 0) is 19.9 Å². The Morgan fingerprint density at radius 3 is 2.42 bits per heavy atom. The molecule has 0 radical (unpaired) electrons. The summed E-state index contributed by atoms with van der Waals surface area (Å²) in [5, 5.41) is 3.24. The summed E-state index contributed by atoms with van der Waals surface area (Å²) in [6.45, 7) is 3.87. The summed E-state index contributed by atoms with van der Waals surface area (Å²) in [6.07, 6.45) is 2.03. The molecule has 6 nitrogen and oxygen atoms in total. The Morgan fingerprint density at radius 2 is 1.79 bits per heavy atom. The zero-order valence-electron chi connectivity index (χ0n) is 12.0. The first-order valence-corrected chi connectivity index (χ1v) is 6.87. The van der Waals surface area contributed by atoms with Crippen molar-refractivity contribution in [2.45, 2.75) is 18.9 Å². The van der Waals surface area contributed by atoms with Crippen LogP contribution in [0.3, 0.4) is 0 Å². The number of hydrogen-bond donors (Lipinski definition) is 1. The molecule has 1 fully saturated rings. The van der Waals surface area contributed by atoms with Crippen LogP contribution in [0.25, 0.3) is 0 Å². The number of amides is 1. The average molecular weight is 274 g/mol. The minimum Gasteiger partial charge on any atom is -0.382 e. The first-order valence-electron chi connectivity index (χ1n) is 6.87. The van der Waals surface area contributed by atoms with Gasteiger partial charge in [-0.1, -0.05) is 0 Å². The smallest absolute Gasteiger partial charge is 0.248 e. The molecule has 0 bridgehead atoms. The lowest BCUT2D eigenvalue weighted by Gasteiger charge is -2.31. The van der Waals surface area contributed by atoms with E-state index in [2.05, 4.69) is 5.32 Å². The number of hydrogen-bond acceptors (Lipinski definition) is 5. The predicted octanol–water partition coefficient (Wildman–Crippen LogP) is -0.124. The van der Waals surface area contributed by atoms with Crippen molar-refractivity contribution in [1.82, 2.24) is 10.2 Å². The van der Waals surface area contributed by atoms with Crippen LogP contribution in [0.1, 0.15) is 12.8 Å². The molecule has 0 saturated carbocycles. The topological polar surface area (TPSA) is 60.0 Å². The summed E-state index contributed by atoms with van der Waals surface area (Å²) in [4.78, 5) is 13.7. The van der Waals surface area contributed by atoms with Crippen molar-refractivity contribution >= 4 is 5.91 Å².